The van der Waals surface area contributed by atoms with Crippen LogP contribution in [0.1, 0.15) is 18.9 Å². The third kappa shape index (κ3) is 2.64. The summed E-state index contributed by atoms with van der Waals surface area (Å²) >= 11 is 5.97. The number of anilines is 2. The summed E-state index contributed by atoms with van der Waals surface area (Å²) in [6.45, 7) is 3.91. The maximum Gasteiger partial charge on any atom is 0.228 e. The molecule has 1 unspecified atom stereocenters. The molecule has 1 aliphatic heterocycles. The molecule has 5 heteroatoms. The number of aryl methyl sites for hydroxylation is 1. The van der Waals surface area contributed by atoms with E-state index in [-0.39, 0.29) is 17.2 Å². The Morgan fingerprint density at radius 2 is 2.22 bits per heavy atom. The van der Waals surface area contributed by atoms with Gasteiger partial charge in [0.15, 0.2) is 0 Å². The lowest BCUT2D eigenvalue weighted by Crippen LogP contribution is -2.24. The largest absolute Gasteiger partial charge is 0.326 e. The van der Waals surface area contributed by atoms with Crippen molar-refractivity contribution in [3.8, 4) is 0 Å². The van der Waals surface area contributed by atoms with Gasteiger partial charge in [-0.25, -0.2) is 0 Å². The molecule has 1 aliphatic rings. The van der Waals surface area contributed by atoms with Crippen molar-refractivity contribution in [1.82, 2.24) is 0 Å². The highest BCUT2D eigenvalue weighted by molar-refractivity contribution is 6.24. The monoisotopic (exact) mass is 266 g/mol. The van der Waals surface area contributed by atoms with Crippen molar-refractivity contribution in [3.05, 3.63) is 23.8 Å². The molecule has 0 saturated carbocycles. The second kappa shape index (κ2) is 4.98. The van der Waals surface area contributed by atoms with Gasteiger partial charge in [-0.1, -0.05) is 0 Å². The van der Waals surface area contributed by atoms with E-state index in [2.05, 4.69) is 5.32 Å². The van der Waals surface area contributed by atoms with Crippen LogP contribution in [-0.2, 0) is 9.59 Å². The Kier molecular flexibility index (Phi) is 3.57. The molecular weight excluding hydrogens is 252 g/mol. The summed E-state index contributed by atoms with van der Waals surface area (Å²) in [6.07, 6.45) is 0.383. The molecule has 0 aromatic heterocycles. The van der Waals surface area contributed by atoms with Crippen LogP contribution in [0.5, 0.6) is 0 Å². The summed E-state index contributed by atoms with van der Waals surface area (Å²) < 4.78 is 0. The number of carbonyl (C=O) groups excluding carboxylic acids is 2. The zero-order chi connectivity index (χ0) is 13.3. The fourth-order valence-corrected chi connectivity index (χ4v) is 2.33. The molecule has 1 fully saturated rings. The lowest BCUT2D eigenvalue weighted by Gasteiger charge is -2.17. The standard InChI is InChI=1S/C13H15ClN2O2/c1-8-5-11(3-4-12(8)15-9(2)17)16-7-10(14)6-13(16)18/h3-5,10H,6-7H2,1-2H3,(H,15,17). The van der Waals surface area contributed by atoms with E-state index in [1.54, 1.807) is 11.0 Å². The van der Waals surface area contributed by atoms with Crippen LogP contribution in [0.3, 0.4) is 0 Å². The normalized spacial score (nSPS) is 19.2. The molecule has 1 saturated heterocycles. The van der Waals surface area contributed by atoms with Gasteiger partial charge >= 0.3 is 0 Å². The maximum atomic E-state index is 11.7. The molecule has 2 amide bonds. The SMILES string of the molecule is CC(=O)Nc1ccc(N2CC(Cl)CC2=O)cc1C. The summed E-state index contributed by atoms with van der Waals surface area (Å²) in [5, 5.41) is 2.62. The number of nitrogens with zero attached hydrogens (tertiary/aromatic N) is 1. The lowest BCUT2D eigenvalue weighted by molar-refractivity contribution is -0.117. The third-order valence-electron chi connectivity index (χ3n) is 2.91. The van der Waals surface area contributed by atoms with Crippen LogP contribution in [0.15, 0.2) is 18.2 Å². The molecule has 1 atom stereocenters. The van der Waals surface area contributed by atoms with Crippen LogP contribution >= 0.6 is 11.6 Å². The Bertz CT molecular complexity index is 502. The van der Waals surface area contributed by atoms with Gasteiger partial charge in [-0.05, 0) is 30.7 Å². The Balaban J connectivity index is 2.23. The number of amides is 2. The summed E-state index contributed by atoms with van der Waals surface area (Å²) in [7, 11) is 0. The molecule has 18 heavy (non-hydrogen) atoms. The minimum absolute atomic E-state index is 0.0432. The van der Waals surface area contributed by atoms with Crippen molar-refractivity contribution < 1.29 is 9.59 Å². The first-order valence-corrected chi connectivity index (χ1v) is 6.23. The molecule has 1 N–H and O–H groups in total. The van der Waals surface area contributed by atoms with E-state index in [1.807, 2.05) is 19.1 Å². The first-order valence-electron chi connectivity index (χ1n) is 5.80. The molecule has 1 aromatic rings. The fraction of sp³-hybridized carbons (Fsp3) is 0.385. The first-order chi connectivity index (χ1) is 8.47. The predicted octanol–water partition coefficient (Wildman–Crippen LogP) is 2.30. The Morgan fingerprint density at radius 3 is 2.72 bits per heavy atom. The van der Waals surface area contributed by atoms with E-state index < -0.39 is 0 Å². The van der Waals surface area contributed by atoms with Crippen LogP contribution in [0.2, 0.25) is 0 Å². The molecule has 4 nitrogen and oxygen atoms in total. The summed E-state index contributed by atoms with van der Waals surface area (Å²) in [5.41, 5.74) is 2.52. The Labute approximate surface area is 111 Å². The van der Waals surface area contributed by atoms with Gasteiger partial charge in [-0.2, -0.15) is 0 Å². The van der Waals surface area contributed by atoms with Crippen molar-refractivity contribution in [1.29, 1.82) is 0 Å². The second-order valence-electron chi connectivity index (χ2n) is 4.49. The minimum atomic E-state index is -0.118. The van der Waals surface area contributed by atoms with Crippen molar-refractivity contribution in [2.24, 2.45) is 0 Å². The average Bonchev–Trinajstić information content (AvgIpc) is 2.60. The summed E-state index contributed by atoms with van der Waals surface area (Å²) in [6, 6.07) is 5.52. The molecular formula is C13H15ClN2O2. The topological polar surface area (TPSA) is 49.4 Å². The van der Waals surface area contributed by atoms with E-state index in [9.17, 15) is 9.59 Å². The van der Waals surface area contributed by atoms with Gasteiger partial charge in [0.1, 0.15) is 0 Å². The minimum Gasteiger partial charge on any atom is -0.326 e. The van der Waals surface area contributed by atoms with Gasteiger partial charge in [-0.3, -0.25) is 9.59 Å². The van der Waals surface area contributed by atoms with Crippen molar-refractivity contribution in [2.45, 2.75) is 25.6 Å². The number of hydrogen-bond acceptors (Lipinski definition) is 2. The van der Waals surface area contributed by atoms with Crippen LogP contribution < -0.4 is 10.2 Å². The van der Waals surface area contributed by atoms with Crippen molar-refractivity contribution in [3.63, 3.8) is 0 Å². The molecule has 1 heterocycles. The number of nitrogens with one attached hydrogen (secondary N) is 1. The van der Waals surface area contributed by atoms with Gasteiger partial charge in [0.05, 0.1) is 5.38 Å². The maximum absolute atomic E-state index is 11.7. The zero-order valence-electron chi connectivity index (χ0n) is 10.4. The quantitative estimate of drug-likeness (QED) is 0.835. The van der Waals surface area contributed by atoms with E-state index in [1.165, 1.54) is 6.92 Å². The molecule has 0 radical (unpaired) electrons. The van der Waals surface area contributed by atoms with Gasteiger partial charge in [0.25, 0.3) is 0 Å². The Morgan fingerprint density at radius 1 is 1.50 bits per heavy atom. The van der Waals surface area contributed by atoms with Gasteiger partial charge < -0.3 is 10.2 Å². The zero-order valence-corrected chi connectivity index (χ0v) is 11.1. The number of carbonyl (C=O) groups is 2. The van der Waals surface area contributed by atoms with E-state index >= 15 is 0 Å². The van der Waals surface area contributed by atoms with Crippen LogP contribution in [0.25, 0.3) is 0 Å². The van der Waals surface area contributed by atoms with Gasteiger partial charge in [0, 0.05) is 31.3 Å². The number of halogens is 1. The molecule has 0 spiro atoms. The first kappa shape index (κ1) is 12.9. The van der Waals surface area contributed by atoms with Crippen molar-refractivity contribution >= 4 is 34.8 Å². The summed E-state index contributed by atoms with van der Waals surface area (Å²) in [4.78, 5) is 24.4. The van der Waals surface area contributed by atoms with E-state index in [0.717, 1.165) is 16.9 Å². The lowest BCUT2D eigenvalue weighted by atomic mass is 10.1. The molecule has 0 aliphatic carbocycles. The number of hydrogen-bond donors (Lipinski definition) is 1. The smallest absolute Gasteiger partial charge is 0.228 e. The highest BCUT2D eigenvalue weighted by atomic mass is 35.5. The number of alkyl halides is 1. The predicted molar refractivity (Wildman–Crippen MR) is 72.1 cm³/mol. The van der Waals surface area contributed by atoms with Crippen LogP contribution in [-0.4, -0.2) is 23.7 Å². The van der Waals surface area contributed by atoms with Crippen molar-refractivity contribution in [2.75, 3.05) is 16.8 Å². The molecule has 2 rings (SSSR count). The van der Waals surface area contributed by atoms with Gasteiger partial charge in [-0.15, -0.1) is 11.6 Å². The van der Waals surface area contributed by atoms with Crippen LogP contribution in [0.4, 0.5) is 11.4 Å². The summed E-state index contributed by atoms with van der Waals surface area (Å²) in [5.74, 6) is -0.0643. The molecule has 96 valence electrons. The Hall–Kier alpha value is -1.55. The highest BCUT2D eigenvalue weighted by Crippen LogP contribution is 2.27. The average molecular weight is 267 g/mol. The van der Waals surface area contributed by atoms with E-state index in [0.29, 0.717) is 13.0 Å². The van der Waals surface area contributed by atoms with E-state index in [4.69, 9.17) is 11.6 Å². The second-order valence-corrected chi connectivity index (χ2v) is 5.10. The van der Waals surface area contributed by atoms with Crippen LogP contribution in [0, 0.1) is 6.92 Å². The molecule has 1 aromatic carbocycles. The number of rotatable bonds is 2. The van der Waals surface area contributed by atoms with Gasteiger partial charge in [0.2, 0.25) is 11.8 Å². The molecule has 0 bridgehead atoms. The third-order valence-corrected chi connectivity index (χ3v) is 3.20. The fourth-order valence-electron chi connectivity index (χ4n) is 2.06. The number of benzene rings is 1. The highest BCUT2D eigenvalue weighted by Gasteiger charge is 2.29.